The second-order valence-corrected chi connectivity index (χ2v) is 7.31. The van der Waals surface area contributed by atoms with Crippen LogP contribution in [-0.2, 0) is 5.60 Å². The van der Waals surface area contributed by atoms with Crippen molar-refractivity contribution in [2.45, 2.75) is 52.8 Å². The molecule has 4 nitrogen and oxygen atoms in total. The summed E-state index contributed by atoms with van der Waals surface area (Å²) in [6, 6.07) is 3.14. The van der Waals surface area contributed by atoms with Gasteiger partial charge < -0.3 is 10.8 Å². The van der Waals surface area contributed by atoms with Gasteiger partial charge in [0.05, 0.1) is 11.4 Å². The van der Waals surface area contributed by atoms with Crippen LogP contribution in [0.5, 0.6) is 0 Å². The summed E-state index contributed by atoms with van der Waals surface area (Å²) in [5.74, 6) is 0. The minimum atomic E-state index is -4.62. The number of nitrogens with two attached hydrogens (primary N) is 1. The summed E-state index contributed by atoms with van der Waals surface area (Å²) in [6.07, 6.45) is -1.57. The average molecular weight is 357 g/mol. The lowest BCUT2D eigenvalue weighted by atomic mass is 9.90. The van der Waals surface area contributed by atoms with E-state index in [0.717, 1.165) is 12.5 Å². The van der Waals surface area contributed by atoms with Crippen LogP contribution in [0.2, 0.25) is 0 Å². The van der Waals surface area contributed by atoms with Crippen LogP contribution in [-0.4, -0.2) is 28.5 Å². The summed E-state index contributed by atoms with van der Waals surface area (Å²) in [7, 11) is 0. The Labute approximate surface area is 146 Å². The first-order valence-electron chi connectivity index (χ1n) is 8.04. The van der Waals surface area contributed by atoms with Crippen molar-refractivity contribution >= 4 is 5.71 Å². The molecule has 0 aliphatic carbocycles. The van der Waals surface area contributed by atoms with Gasteiger partial charge in [-0.05, 0) is 43.9 Å². The Morgan fingerprint density at radius 1 is 1.24 bits per heavy atom. The number of aliphatic hydroxyl groups is 1. The van der Waals surface area contributed by atoms with Crippen molar-refractivity contribution in [3.05, 3.63) is 41.4 Å². The van der Waals surface area contributed by atoms with E-state index in [-0.39, 0.29) is 11.1 Å². The highest BCUT2D eigenvalue weighted by Crippen LogP contribution is 2.24. The maximum absolute atomic E-state index is 12.8. The van der Waals surface area contributed by atoms with E-state index in [1.165, 1.54) is 6.20 Å². The monoisotopic (exact) mass is 357 g/mol. The van der Waals surface area contributed by atoms with Crippen LogP contribution in [0.25, 0.3) is 0 Å². The third-order valence-corrected chi connectivity index (χ3v) is 3.94. The van der Waals surface area contributed by atoms with Gasteiger partial charge >= 0.3 is 6.18 Å². The maximum atomic E-state index is 12.8. The Kier molecular flexibility index (Phi) is 6.39. The molecule has 1 heterocycles. The summed E-state index contributed by atoms with van der Waals surface area (Å²) in [6.45, 7) is 9.48. The fourth-order valence-electron chi connectivity index (χ4n) is 1.77. The highest BCUT2D eigenvalue weighted by Gasteiger charge is 2.32. The van der Waals surface area contributed by atoms with E-state index in [4.69, 9.17) is 5.73 Å². The van der Waals surface area contributed by atoms with Crippen molar-refractivity contribution in [1.29, 1.82) is 0 Å². The Hall–Kier alpha value is -1.89. The SMILES string of the molecule is CCC(C)(C)CN=C(/C=C(\N)C(F)(F)F)c1ccc(C(C)(C)O)nc1. The molecule has 25 heavy (non-hydrogen) atoms. The second kappa shape index (κ2) is 7.56. The predicted molar refractivity (Wildman–Crippen MR) is 93.3 cm³/mol. The first kappa shape index (κ1) is 21.2. The molecule has 3 N–H and O–H groups in total. The van der Waals surface area contributed by atoms with E-state index in [1.807, 2.05) is 20.8 Å². The molecular weight excluding hydrogens is 331 g/mol. The summed E-state index contributed by atoms with van der Waals surface area (Å²) < 4.78 is 38.4. The zero-order valence-electron chi connectivity index (χ0n) is 15.3. The van der Waals surface area contributed by atoms with Crippen LogP contribution >= 0.6 is 0 Å². The molecule has 0 aromatic carbocycles. The van der Waals surface area contributed by atoms with Crippen molar-refractivity contribution in [3.8, 4) is 0 Å². The Balaban J connectivity index is 3.30. The van der Waals surface area contributed by atoms with Crippen molar-refractivity contribution in [2.75, 3.05) is 6.54 Å². The van der Waals surface area contributed by atoms with E-state index in [0.29, 0.717) is 17.8 Å². The third-order valence-electron chi connectivity index (χ3n) is 3.94. The molecule has 0 unspecified atom stereocenters. The number of alkyl halides is 3. The van der Waals surface area contributed by atoms with Crippen molar-refractivity contribution in [3.63, 3.8) is 0 Å². The van der Waals surface area contributed by atoms with Crippen LogP contribution in [0.3, 0.4) is 0 Å². The summed E-state index contributed by atoms with van der Waals surface area (Å²) in [5, 5.41) is 9.94. The zero-order chi connectivity index (χ0) is 19.5. The highest BCUT2D eigenvalue weighted by molar-refractivity contribution is 6.09. The first-order valence-corrected chi connectivity index (χ1v) is 8.04. The number of pyridine rings is 1. The quantitative estimate of drug-likeness (QED) is 0.758. The average Bonchev–Trinajstić information content (AvgIpc) is 2.49. The van der Waals surface area contributed by atoms with Crippen LogP contribution in [0.4, 0.5) is 13.2 Å². The molecular formula is C18H26F3N3O. The van der Waals surface area contributed by atoms with Gasteiger partial charge in [-0.2, -0.15) is 13.2 Å². The molecule has 0 atom stereocenters. The van der Waals surface area contributed by atoms with E-state index in [9.17, 15) is 18.3 Å². The van der Waals surface area contributed by atoms with Gasteiger partial charge in [0.15, 0.2) is 0 Å². The van der Waals surface area contributed by atoms with E-state index in [1.54, 1.807) is 26.0 Å². The van der Waals surface area contributed by atoms with E-state index in [2.05, 4.69) is 9.98 Å². The van der Waals surface area contributed by atoms with Crippen LogP contribution in [0.1, 0.15) is 52.3 Å². The van der Waals surface area contributed by atoms with Crippen LogP contribution in [0, 0.1) is 5.41 Å². The lowest BCUT2D eigenvalue weighted by Crippen LogP contribution is -2.22. The van der Waals surface area contributed by atoms with Gasteiger partial charge in [-0.15, -0.1) is 0 Å². The number of allylic oxidation sites excluding steroid dienone is 2. The van der Waals surface area contributed by atoms with Crippen molar-refractivity contribution < 1.29 is 18.3 Å². The molecule has 1 aromatic heterocycles. The van der Waals surface area contributed by atoms with Crippen molar-refractivity contribution in [1.82, 2.24) is 4.98 Å². The van der Waals surface area contributed by atoms with Gasteiger partial charge in [-0.1, -0.05) is 20.8 Å². The Morgan fingerprint density at radius 3 is 2.24 bits per heavy atom. The minimum absolute atomic E-state index is 0.117. The number of hydrogen-bond donors (Lipinski definition) is 2. The number of aromatic nitrogens is 1. The molecule has 0 aliphatic rings. The number of aliphatic imine (C=N–C) groups is 1. The maximum Gasteiger partial charge on any atom is 0.430 e. The molecule has 0 fully saturated rings. The molecule has 7 heteroatoms. The molecule has 0 amide bonds. The van der Waals surface area contributed by atoms with Crippen LogP contribution < -0.4 is 5.73 Å². The van der Waals surface area contributed by atoms with Gasteiger partial charge in [0.1, 0.15) is 11.3 Å². The topological polar surface area (TPSA) is 71.5 Å². The van der Waals surface area contributed by atoms with Gasteiger partial charge in [0.2, 0.25) is 0 Å². The predicted octanol–water partition coefficient (Wildman–Crippen LogP) is 3.94. The number of rotatable bonds is 6. The molecule has 0 aliphatic heterocycles. The summed E-state index contributed by atoms with van der Waals surface area (Å²) in [4.78, 5) is 8.46. The molecule has 0 radical (unpaired) electrons. The molecule has 0 saturated heterocycles. The molecule has 140 valence electrons. The van der Waals surface area contributed by atoms with Gasteiger partial charge in [-0.25, -0.2) is 0 Å². The lowest BCUT2D eigenvalue weighted by molar-refractivity contribution is -0.0925. The zero-order valence-corrected chi connectivity index (χ0v) is 15.3. The second-order valence-electron chi connectivity index (χ2n) is 7.31. The van der Waals surface area contributed by atoms with Gasteiger partial charge in [-0.3, -0.25) is 9.98 Å². The molecule has 0 bridgehead atoms. The molecule has 1 aromatic rings. The minimum Gasteiger partial charge on any atom is -0.395 e. The van der Waals surface area contributed by atoms with Crippen molar-refractivity contribution in [2.24, 2.45) is 16.1 Å². The van der Waals surface area contributed by atoms with E-state index >= 15 is 0 Å². The largest absolute Gasteiger partial charge is 0.430 e. The summed E-state index contributed by atoms with van der Waals surface area (Å²) >= 11 is 0. The fourth-order valence-corrected chi connectivity index (χ4v) is 1.77. The Bertz CT molecular complexity index is 639. The third kappa shape index (κ3) is 6.49. The first-order chi connectivity index (χ1) is 11.3. The van der Waals surface area contributed by atoms with Crippen LogP contribution in [0.15, 0.2) is 35.1 Å². The fraction of sp³-hybridized carbons (Fsp3) is 0.556. The Morgan fingerprint density at radius 2 is 1.84 bits per heavy atom. The van der Waals surface area contributed by atoms with Gasteiger partial charge in [0.25, 0.3) is 0 Å². The standard InChI is InChI=1S/C18H26F3N3O/c1-6-16(2,3)11-24-13(9-14(22)18(19,20)21)12-7-8-15(23-10-12)17(4,5)25/h7-10,25H,6,11,22H2,1-5H3/b14-9-,24-13?. The molecule has 1 rings (SSSR count). The lowest BCUT2D eigenvalue weighted by Gasteiger charge is -2.20. The smallest absolute Gasteiger partial charge is 0.395 e. The van der Waals surface area contributed by atoms with Gasteiger partial charge in [0, 0.05) is 18.3 Å². The normalized spacial score (nSPS) is 14.8. The molecule has 0 spiro atoms. The number of nitrogens with zero attached hydrogens (tertiary/aromatic N) is 2. The summed E-state index contributed by atoms with van der Waals surface area (Å²) in [5.41, 5.74) is 3.60. The molecule has 0 saturated carbocycles. The highest BCUT2D eigenvalue weighted by atomic mass is 19.4. The number of halogens is 3. The van der Waals surface area contributed by atoms with E-state index < -0.39 is 17.5 Å². The number of hydrogen-bond acceptors (Lipinski definition) is 4.